The van der Waals surface area contributed by atoms with E-state index in [-0.39, 0.29) is 23.6 Å². The summed E-state index contributed by atoms with van der Waals surface area (Å²) in [5.74, 6) is 0.395. The number of benzene rings is 3. The van der Waals surface area contributed by atoms with Crippen LogP contribution in [0.25, 0.3) is 0 Å². The van der Waals surface area contributed by atoms with E-state index in [0.29, 0.717) is 28.8 Å². The van der Waals surface area contributed by atoms with E-state index in [4.69, 9.17) is 23.2 Å². The number of amides is 2. The minimum atomic E-state index is -0.661. The Bertz CT molecular complexity index is 1160. The SMILES string of the molecule is CC(C)NC(=O)[C@H](Cc1ccccc1)N(Cc1cccc(Br)c1)C(=O)CSCc1c(Cl)cccc1Cl. The van der Waals surface area contributed by atoms with Crippen LogP contribution in [0.15, 0.2) is 77.3 Å². The second-order valence-electron chi connectivity index (χ2n) is 8.71. The second kappa shape index (κ2) is 14.1. The first-order valence-electron chi connectivity index (χ1n) is 11.6. The third kappa shape index (κ3) is 8.55. The molecule has 0 saturated carbocycles. The molecule has 3 rings (SSSR count). The standard InChI is InChI=1S/C28H29BrCl2N2O2S/c1-19(2)32-28(35)26(15-20-8-4-3-5-9-20)33(16-21-10-6-11-22(29)14-21)27(34)18-36-17-23-24(30)12-7-13-25(23)31/h3-14,19,26H,15-18H2,1-2H3,(H,32,35)/t26-/m0/s1. The molecule has 0 heterocycles. The third-order valence-corrected chi connectivity index (χ3v) is 7.62. The highest BCUT2D eigenvalue weighted by molar-refractivity contribution is 9.10. The number of carbonyl (C=O) groups is 2. The lowest BCUT2D eigenvalue weighted by Gasteiger charge is -2.32. The van der Waals surface area contributed by atoms with Crippen molar-refractivity contribution in [2.24, 2.45) is 0 Å². The van der Waals surface area contributed by atoms with Crippen molar-refractivity contribution in [3.8, 4) is 0 Å². The zero-order valence-corrected chi connectivity index (χ0v) is 24.1. The molecule has 1 N–H and O–H groups in total. The molecule has 1 atom stereocenters. The Morgan fingerprint density at radius 1 is 0.944 bits per heavy atom. The zero-order valence-electron chi connectivity index (χ0n) is 20.2. The minimum absolute atomic E-state index is 0.0460. The van der Waals surface area contributed by atoms with Crippen molar-refractivity contribution in [1.29, 1.82) is 0 Å². The Morgan fingerprint density at radius 3 is 2.22 bits per heavy atom. The number of nitrogens with zero attached hydrogens (tertiary/aromatic N) is 1. The van der Waals surface area contributed by atoms with E-state index in [1.165, 1.54) is 11.8 Å². The molecule has 8 heteroatoms. The molecule has 3 aromatic rings. The van der Waals surface area contributed by atoms with Gasteiger partial charge < -0.3 is 10.2 Å². The van der Waals surface area contributed by atoms with Crippen molar-refractivity contribution >= 4 is 62.7 Å². The maximum absolute atomic E-state index is 13.7. The Kier molecular flexibility index (Phi) is 11.2. The van der Waals surface area contributed by atoms with Gasteiger partial charge in [-0.15, -0.1) is 11.8 Å². The van der Waals surface area contributed by atoms with Gasteiger partial charge in [-0.3, -0.25) is 9.59 Å². The average molecular weight is 608 g/mol. The number of nitrogens with one attached hydrogen (secondary N) is 1. The van der Waals surface area contributed by atoms with Crippen molar-refractivity contribution < 1.29 is 9.59 Å². The van der Waals surface area contributed by atoms with Crippen LogP contribution in [0.3, 0.4) is 0 Å². The van der Waals surface area contributed by atoms with Gasteiger partial charge >= 0.3 is 0 Å². The molecule has 36 heavy (non-hydrogen) atoms. The van der Waals surface area contributed by atoms with Gasteiger partial charge in [0.25, 0.3) is 0 Å². The lowest BCUT2D eigenvalue weighted by Crippen LogP contribution is -2.52. The topological polar surface area (TPSA) is 49.4 Å². The van der Waals surface area contributed by atoms with Crippen molar-refractivity contribution in [2.75, 3.05) is 5.75 Å². The lowest BCUT2D eigenvalue weighted by molar-refractivity contribution is -0.139. The van der Waals surface area contributed by atoms with Crippen LogP contribution < -0.4 is 5.32 Å². The maximum Gasteiger partial charge on any atom is 0.243 e. The van der Waals surface area contributed by atoms with Gasteiger partial charge in [0.05, 0.1) is 5.75 Å². The monoisotopic (exact) mass is 606 g/mol. The molecular weight excluding hydrogens is 579 g/mol. The Labute approximate surface area is 235 Å². The van der Waals surface area contributed by atoms with Crippen LogP contribution >= 0.6 is 50.9 Å². The van der Waals surface area contributed by atoms with E-state index in [1.54, 1.807) is 23.1 Å². The van der Waals surface area contributed by atoms with Gasteiger partial charge in [-0.25, -0.2) is 0 Å². The molecule has 0 unspecified atom stereocenters. The number of thioether (sulfide) groups is 1. The van der Waals surface area contributed by atoms with Crippen molar-refractivity contribution in [2.45, 2.75) is 44.6 Å². The molecule has 0 aromatic heterocycles. The maximum atomic E-state index is 13.7. The normalized spacial score (nSPS) is 11.8. The van der Waals surface area contributed by atoms with E-state index in [0.717, 1.165) is 21.2 Å². The van der Waals surface area contributed by atoms with Gasteiger partial charge in [-0.1, -0.05) is 87.7 Å². The smallest absolute Gasteiger partial charge is 0.243 e. The summed E-state index contributed by atoms with van der Waals surface area (Å²) in [4.78, 5) is 28.7. The summed E-state index contributed by atoms with van der Waals surface area (Å²) in [6.45, 7) is 4.15. The molecule has 0 radical (unpaired) electrons. The first-order chi connectivity index (χ1) is 17.2. The predicted octanol–water partition coefficient (Wildman–Crippen LogP) is 7.15. The molecule has 2 amide bonds. The number of carbonyl (C=O) groups excluding carboxylic acids is 2. The molecule has 0 saturated heterocycles. The number of hydrogen-bond acceptors (Lipinski definition) is 3. The van der Waals surface area contributed by atoms with Crippen LogP contribution in [0, 0.1) is 0 Å². The van der Waals surface area contributed by atoms with Gasteiger partial charge in [0.2, 0.25) is 11.8 Å². The van der Waals surface area contributed by atoms with Crippen molar-refractivity contribution in [1.82, 2.24) is 10.2 Å². The van der Waals surface area contributed by atoms with Crippen LogP contribution in [-0.2, 0) is 28.3 Å². The summed E-state index contributed by atoms with van der Waals surface area (Å²) in [5.41, 5.74) is 2.73. The predicted molar refractivity (Wildman–Crippen MR) is 155 cm³/mol. The van der Waals surface area contributed by atoms with Crippen molar-refractivity contribution in [3.05, 3.63) is 104 Å². The fourth-order valence-electron chi connectivity index (χ4n) is 3.76. The average Bonchev–Trinajstić information content (AvgIpc) is 2.83. The fourth-order valence-corrected chi connectivity index (χ4v) is 5.85. The second-order valence-corrected chi connectivity index (χ2v) is 11.4. The Balaban J connectivity index is 1.87. The quantitative estimate of drug-likeness (QED) is 0.252. The summed E-state index contributed by atoms with van der Waals surface area (Å²) >= 11 is 17.6. The molecule has 190 valence electrons. The Hall–Kier alpha value is -1.99. The molecule has 4 nitrogen and oxygen atoms in total. The van der Waals surface area contributed by atoms with Gasteiger partial charge in [-0.05, 0) is 54.8 Å². The number of halogens is 3. The van der Waals surface area contributed by atoms with Crippen LogP contribution in [0.1, 0.15) is 30.5 Å². The van der Waals surface area contributed by atoms with Gasteiger partial charge in [0.1, 0.15) is 6.04 Å². The molecule has 0 aliphatic rings. The third-order valence-electron chi connectivity index (χ3n) is 5.48. The van der Waals surface area contributed by atoms with Crippen LogP contribution in [0.5, 0.6) is 0 Å². The first kappa shape index (κ1) is 28.6. The van der Waals surface area contributed by atoms with E-state index in [9.17, 15) is 9.59 Å². The molecule has 0 bridgehead atoms. The Morgan fingerprint density at radius 2 is 1.58 bits per heavy atom. The largest absolute Gasteiger partial charge is 0.352 e. The summed E-state index contributed by atoms with van der Waals surface area (Å²) < 4.78 is 0.918. The molecule has 3 aromatic carbocycles. The van der Waals surface area contributed by atoms with Crippen LogP contribution in [0.4, 0.5) is 0 Å². The molecule has 0 fully saturated rings. The summed E-state index contributed by atoms with van der Waals surface area (Å²) in [6.07, 6.45) is 0.417. The fraction of sp³-hybridized carbons (Fsp3) is 0.286. The minimum Gasteiger partial charge on any atom is -0.352 e. The van der Waals surface area contributed by atoms with E-state index in [1.807, 2.05) is 68.4 Å². The molecule has 0 spiro atoms. The van der Waals surface area contributed by atoms with Gasteiger partial charge in [0.15, 0.2) is 0 Å². The van der Waals surface area contributed by atoms with Crippen LogP contribution in [-0.4, -0.2) is 34.6 Å². The number of rotatable bonds is 11. The zero-order chi connectivity index (χ0) is 26.1. The molecule has 0 aliphatic heterocycles. The highest BCUT2D eigenvalue weighted by Gasteiger charge is 2.30. The highest BCUT2D eigenvalue weighted by Crippen LogP contribution is 2.28. The molecular formula is C28H29BrCl2N2O2S. The first-order valence-corrected chi connectivity index (χ1v) is 14.3. The summed E-state index contributed by atoms with van der Waals surface area (Å²) in [6, 6.07) is 22.2. The molecule has 0 aliphatic carbocycles. The summed E-state index contributed by atoms with van der Waals surface area (Å²) in [5, 5.41) is 4.16. The van der Waals surface area contributed by atoms with Crippen molar-refractivity contribution in [3.63, 3.8) is 0 Å². The van der Waals surface area contributed by atoms with Gasteiger partial charge in [0, 0.05) is 39.3 Å². The van der Waals surface area contributed by atoms with Gasteiger partial charge in [-0.2, -0.15) is 0 Å². The number of hydrogen-bond donors (Lipinski definition) is 1. The van der Waals surface area contributed by atoms with Crippen LogP contribution in [0.2, 0.25) is 10.0 Å². The van der Waals surface area contributed by atoms with E-state index in [2.05, 4.69) is 21.2 Å². The van der Waals surface area contributed by atoms with E-state index >= 15 is 0 Å². The van der Waals surface area contributed by atoms with E-state index < -0.39 is 6.04 Å². The lowest BCUT2D eigenvalue weighted by atomic mass is 10.0. The summed E-state index contributed by atoms with van der Waals surface area (Å²) in [7, 11) is 0. The highest BCUT2D eigenvalue weighted by atomic mass is 79.9.